The van der Waals surface area contributed by atoms with Crippen molar-refractivity contribution in [2.45, 2.75) is 4.90 Å². The zero-order valence-corrected chi connectivity index (χ0v) is 11.8. The molecule has 0 aromatic heterocycles. The molecule has 0 saturated carbocycles. The summed E-state index contributed by atoms with van der Waals surface area (Å²) in [6, 6.07) is 10.6. The van der Waals surface area contributed by atoms with E-state index < -0.39 is 27.2 Å². The molecule has 20 heavy (non-hydrogen) atoms. The van der Waals surface area contributed by atoms with Gasteiger partial charge in [0.15, 0.2) is 15.6 Å². The fourth-order valence-electron chi connectivity index (χ4n) is 1.66. The molecule has 2 aromatic carbocycles. The maximum atomic E-state index is 13.0. The smallest absolute Gasteiger partial charge is 0.185 e. The molecule has 0 saturated heterocycles. The molecule has 3 nitrogen and oxygen atoms in total. The first-order chi connectivity index (χ1) is 9.38. The maximum Gasteiger partial charge on any atom is 0.185 e. The number of benzene rings is 2. The molecule has 0 aliphatic carbocycles. The van der Waals surface area contributed by atoms with Crippen LogP contribution in [0.5, 0.6) is 0 Å². The van der Waals surface area contributed by atoms with Crippen molar-refractivity contribution in [3.8, 4) is 0 Å². The number of rotatable bonds is 4. The molecule has 0 aliphatic heterocycles. The van der Waals surface area contributed by atoms with E-state index in [1.54, 1.807) is 12.1 Å². The predicted molar refractivity (Wildman–Crippen MR) is 74.2 cm³/mol. The lowest BCUT2D eigenvalue weighted by Gasteiger charge is -2.04. The lowest BCUT2D eigenvalue weighted by atomic mass is 10.1. The van der Waals surface area contributed by atoms with Crippen LogP contribution in [-0.2, 0) is 9.84 Å². The zero-order valence-electron chi connectivity index (χ0n) is 10.2. The fraction of sp³-hybridized carbons (Fsp3) is 0.0714. The number of carbonyl (C=O) groups excluding carboxylic acids is 1. The second kappa shape index (κ2) is 5.73. The molecule has 0 fully saturated rings. The number of carbonyl (C=O) groups is 1. The lowest BCUT2D eigenvalue weighted by molar-refractivity contribution is 0.102. The number of Topliss-reactive ketones (excluding diaryl/α,β-unsaturated/α-hetero) is 1. The molecule has 0 radical (unpaired) electrons. The molecule has 0 heterocycles. The van der Waals surface area contributed by atoms with Crippen LogP contribution in [0.3, 0.4) is 0 Å². The Morgan fingerprint density at radius 3 is 2.45 bits per heavy atom. The van der Waals surface area contributed by atoms with Crippen molar-refractivity contribution in [2.24, 2.45) is 0 Å². The minimum atomic E-state index is -3.88. The van der Waals surface area contributed by atoms with Crippen LogP contribution in [-0.4, -0.2) is 20.0 Å². The third-order valence-corrected chi connectivity index (χ3v) is 4.47. The van der Waals surface area contributed by atoms with Gasteiger partial charge in [0.25, 0.3) is 0 Å². The summed E-state index contributed by atoms with van der Waals surface area (Å²) in [4.78, 5) is 11.7. The van der Waals surface area contributed by atoms with Gasteiger partial charge in [-0.15, -0.1) is 0 Å². The predicted octanol–water partition coefficient (Wildman–Crippen LogP) is 3.14. The molecular weight excluding hydrogens is 303 g/mol. The summed E-state index contributed by atoms with van der Waals surface area (Å²) in [5.41, 5.74) is 0.206. The first-order valence-corrected chi connectivity index (χ1v) is 7.68. The average Bonchev–Trinajstić information content (AvgIpc) is 2.38. The Labute approximate surface area is 120 Å². The van der Waals surface area contributed by atoms with Gasteiger partial charge < -0.3 is 0 Å². The molecule has 2 aromatic rings. The van der Waals surface area contributed by atoms with Crippen LogP contribution in [0, 0.1) is 5.82 Å². The third kappa shape index (κ3) is 3.43. The lowest BCUT2D eigenvalue weighted by Crippen LogP contribution is -2.16. The van der Waals surface area contributed by atoms with Crippen molar-refractivity contribution in [3.63, 3.8) is 0 Å². The highest BCUT2D eigenvalue weighted by molar-refractivity contribution is 7.92. The van der Waals surface area contributed by atoms with Crippen molar-refractivity contribution in [2.75, 3.05) is 5.75 Å². The van der Waals surface area contributed by atoms with Gasteiger partial charge in [0.2, 0.25) is 0 Å². The Morgan fingerprint density at radius 2 is 1.80 bits per heavy atom. The molecule has 2 rings (SSSR count). The zero-order chi connectivity index (χ0) is 14.8. The summed E-state index contributed by atoms with van der Waals surface area (Å²) >= 11 is 5.75. The number of halogens is 2. The molecule has 104 valence electrons. The molecular formula is C14H10ClFO3S. The van der Waals surface area contributed by atoms with Crippen LogP contribution in [0.25, 0.3) is 0 Å². The van der Waals surface area contributed by atoms with Crippen molar-refractivity contribution in [1.82, 2.24) is 0 Å². The summed E-state index contributed by atoms with van der Waals surface area (Å²) in [6.07, 6.45) is 0. The Hall–Kier alpha value is -1.72. The van der Waals surface area contributed by atoms with Crippen LogP contribution >= 0.6 is 11.6 Å². The quantitative estimate of drug-likeness (QED) is 0.815. The van der Waals surface area contributed by atoms with Gasteiger partial charge in [0, 0.05) is 10.6 Å². The van der Waals surface area contributed by atoms with Crippen molar-refractivity contribution in [1.29, 1.82) is 0 Å². The Morgan fingerprint density at radius 1 is 1.10 bits per heavy atom. The SMILES string of the molecule is O=C(CS(=O)(=O)c1cccc(F)c1)c1cccc(Cl)c1. The fourth-order valence-corrected chi connectivity index (χ4v) is 3.11. The van der Waals surface area contributed by atoms with Crippen LogP contribution in [0.15, 0.2) is 53.4 Å². The largest absolute Gasteiger partial charge is 0.293 e. The van der Waals surface area contributed by atoms with E-state index in [9.17, 15) is 17.6 Å². The summed E-state index contributed by atoms with van der Waals surface area (Å²) in [6.45, 7) is 0. The highest BCUT2D eigenvalue weighted by Crippen LogP contribution is 2.16. The van der Waals surface area contributed by atoms with Crippen LogP contribution in [0.2, 0.25) is 5.02 Å². The molecule has 0 bridgehead atoms. The molecule has 0 unspecified atom stereocenters. The Kier molecular flexibility index (Phi) is 4.20. The maximum absolute atomic E-state index is 13.0. The molecule has 0 amide bonds. The van der Waals surface area contributed by atoms with Gasteiger partial charge in [-0.2, -0.15) is 0 Å². The van der Waals surface area contributed by atoms with Gasteiger partial charge in [0.05, 0.1) is 4.90 Å². The van der Waals surface area contributed by atoms with Gasteiger partial charge in [-0.05, 0) is 30.3 Å². The van der Waals surface area contributed by atoms with Crippen molar-refractivity contribution in [3.05, 3.63) is 64.9 Å². The molecule has 0 atom stereocenters. The number of hydrogen-bond acceptors (Lipinski definition) is 3. The van der Waals surface area contributed by atoms with E-state index >= 15 is 0 Å². The summed E-state index contributed by atoms with van der Waals surface area (Å²) in [7, 11) is -3.88. The van der Waals surface area contributed by atoms with E-state index in [4.69, 9.17) is 11.6 Å². The van der Waals surface area contributed by atoms with Crippen LogP contribution in [0.1, 0.15) is 10.4 Å². The number of hydrogen-bond donors (Lipinski definition) is 0. The summed E-state index contributed by atoms with van der Waals surface area (Å²) in [5, 5.41) is 0.346. The first-order valence-electron chi connectivity index (χ1n) is 5.65. The van der Waals surface area contributed by atoms with E-state index in [1.165, 1.54) is 24.3 Å². The molecule has 0 spiro atoms. The van der Waals surface area contributed by atoms with E-state index in [2.05, 4.69) is 0 Å². The second-order valence-corrected chi connectivity index (χ2v) is 6.58. The second-order valence-electron chi connectivity index (χ2n) is 4.15. The van der Waals surface area contributed by atoms with Crippen LogP contribution < -0.4 is 0 Å². The normalized spacial score (nSPS) is 11.3. The van der Waals surface area contributed by atoms with E-state index in [0.29, 0.717) is 5.02 Å². The molecule has 6 heteroatoms. The number of sulfone groups is 1. The van der Waals surface area contributed by atoms with Gasteiger partial charge in [0.1, 0.15) is 11.6 Å². The van der Waals surface area contributed by atoms with E-state index in [-0.39, 0.29) is 10.5 Å². The average molecular weight is 313 g/mol. The van der Waals surface area contributed by atoms with Crippen molar-refractivity contribution < 1.29 is 17.6 Å². The topological polar surface area (TPSA) is 51.2 Å². The standard InChI is InChI=1S/C14H10ClFO3S/c15-11-4-1-3-10(7-11)14(17)9-20(18,19)13-6-2-5-12(16)8-13/h1-8H,9H2. The Balaban J connectivity index is 2.27. The van der Waals surface area contributed by atoms with E-state index in [1.807, 2.05) is 0 Å². The minimum Gasteiger partial charge on any atom is -0.293 e. The Bertz CT molecular complexity index is 757. The third-order valence-electron chi connectivity index (χ3n) is 2.62. The van der Waals surface area contributed by atoms with Crippen LogP contribution in [0.4, 0.5) is 4.39 Å². The number of ketones is 1. The van der Waals surface area contributed by atoms with Gasteiger partial charge >= 0.3 is 0 Å². The van der Waals surface area contributed by atoms with E-state index in [0.717, 1.165) is 12.1 Å². The monoisotopic (exact) mass is 312 g/mol. The van der Waals surface area contributed by atoms with Crippen molar-refractivity contribution >= 4 is 27.2 Å². The highest BCUT2D eigenvalue weighted by Gasteiger charge is 2.20. The first kappa shape index (κ1) is 14.7. The van der Waals surface area contributed by atoms with Gasteiger partial charge in [-0.1, -0.05) is 29.8 Å². The highest BCUT2D eigenvalue weighted by atomic mass is 35.5. The molecule has 0 aliphatic rings. The summed E-state index contributed by atoms with van der Waals surface area (Å²) < 4.78 is 37.1. The minimum absolute atomic E-state index is 0.206. The summed E-state index contributed by atoms with van der Waals surface area (Å²) in [5.74, 6) is -1.98. The van der Waals surface area contributed by atoms with Gasteiger partial charge in [-0.3, -0.25) is 4.79 Å². The van der Waals surface area contributed by atoms with Gasteiger partial charge in [-0.25, -0.2) is 12.8 Å². The molecule has 0 N–H and O–H groups in total.